The number of nitrogens with one attached hydrogen (secondary N) is 1. The largest absolute Gasteiger partial charge is 0.495 e. The Morgan fingerprint density at radius 1 is 1.42 bits per heavy atom. The Hall–Kier alpha value is -2.04. The highest BCUT2D eigenvalue weighted by Crippen LogP contribution is 2.24. The first-order valence-corrected chi connectivity index (χ1v) is 6.33. The van der Waals surface area contributed by atoms with Gasteiger partial charge in [0.25, 0.3) is 0 Å². The Kier molecular flexibility index (Phi) is 4.04. The van der Waals surface area contributed by atoms with Crippen molar-refractivity contribution in [3.63, 3.8) is 0 Å². The summed E-state index contributed by atoms with van der Waals surface area (Å²) in [6.45, 7) is 2.80. The van der Waals surface area contributed by atoms with Gasteiger partial charge in [-0.05, 0) is 12.1 Å². The first kappa shape index (κ1) is 13.4. The summed E-state index contributed by atoms with van der Waals surface area (Å²) in [6, 6.07) is 7.06. The number of benzene rings is 1. The molecule has 1 N–H and O–H groups in total. The molecule has 2 amide bonds. The molecular formula is C14H18N2O3. The molecule has 0 spiro atoms. The number of ketones is 1. The second-order valence-electron chi connectivity index (χ2n) is 4.69. The number of methoxy groups -OCH3 is 1. The number of carbonyl (C=O) groups excluding carboxylic acids is 2. The van der Waals surface area contributed by atoms with Gasteiger partial charge in [-0.15, -0.1) is 0 Å². The molecule has 1 saturated heterocycles. The van der Waals surface area contributed by atoms with E-state index in [0.717, 1.165) is 0 Å². The molecule has 19 heavy (non-hydrogen) atoms. The van der Waals surface area contributed by atoms with Gasteiger partial charge in [0.1, 0.15) is 11.5 Å². The molecule has 1 atom stereocenters. The van der Waals surface area contributed by atoms with Crippen LogP contribution in [0.1, 0.15) is 13.3 Å². The topological polar surface area (TPSA) is 58.6 Å². The van der Waals surface area contributed by atoms with Gasteiger partial charge in [0.2, 0.25) is 0 Å². The van der Waals surface area contributed by atoms with Gasteiger partial charge >= 0.3 is 6.03 Å². The van der Waals surface area contributed by atoms with Crippen molar-refractivity contribution in [1.82, 2.24) is 4.90 Å². The van der Waals surface area contributed by atoms with Crippen LogP contribution in [0.3, 0.4) is 0 Å². The summed E-state index contributed by atoms with van der Waals surface area (Å²) in [5, 5.41) is 2.82. The highest BCUT2D eigenvalue weighted by atomic mass is 16.5. The Morgan fingerprint density at radius 2 is 2.16 bits per heavy atom. The SMILES string of the molecule is COc1ccccc1NC(=O)N1CCC(=O)C(C)C1. The molecule has 1 aromatic carbocycles. The molecule has 0 saturated carbocycles. The van der Waals surface area contributed by atoms with Crippen LogP contribution in [-0.2, 0) is 4.79 Å². The van der Waals surface area contributed by atoms with Crippen LogP contribution in [0, 0.1) is 5.92 Å². The van der Waals surface area contributed by atoms with Gasteiger partial charge < -0.3 is 15.0 Å². The minimum atomic E-state index is -0.191. The van der Waals surface area contributed by atoms with E-state index in [2.05, 4.69) is 5.32 Å². The maximum absolute atomic E-state index is 12.1. The highest BCUT2D eigenvalue weighted by Gasteiger charge is 2.26. The molecular weight excluding hydrogens is 244 g/mol. The van der Waals surface area contributed by atoms with Crippen molar-refractivity contribution < 1.29 is 14.3 Å². The molecule has 1 heterocycles. The molecule has 5 nitrogen and oxygen atoms in total. The fraction of sp³-hybridized carbons (Fsp3) is 0.429. The zero-order valence-electron chi connectivity index (χ0n) is 11.2. The van der Waals surface area contributed by atoms with Gasteiger partial charge in [0.15, 0.2) is 0 Å². The molecule has 0 aromatic heterocycles. The first-order chi connectivity index (χ1) is 9.11. The second-order valence-corrected chi connectivity index (χ2v) is 4.69. The summed E-state index contributed by atoms with van der Waals surface area (Å²) in [6.07, 6.45) is 0.431. The van der Waals surface area contributed by atoms with Gasteiger partial charge in [-0.25, -0.2) is 4.79 Å². The summed E-state index contributed by atoms with van der Waals surface area (Å²) in [4.78, 5) is 25.2. The van der Waals surface area contributed by atoms with Gasteiger partial charge in [-0.1, -0.05) is 19.1 Å². The number of rotatable bonds is 2. The molecule has 102 valence electrons. The zero-order valence-corrected chi connectivity index (χ0v) is 11.2. The van der Waals surface area contributed by atoms with Crippen LogP contribution in [-0.4, -0.2) is 36.9 Å². The summed E-state index contributed by atoms with van der Waals surface area (Å²) in [5.41, 5.74) is 0.638. The van der Waals surface area contributed by atoms with Crippen molar-refractivity contribution in [1.29, 1.82) is 0 Å². The number of hydrogen-bond donors (Lipinski definition) is 1. The number of likely N-dealkylation sites (tertiary alicyclic amines) is 1. The molecule has 2 rings (SSSR count). The first-order valence-electron chi connectivity index (χ1n) is 6.33. The number of ether oxygens (including phenoxy) is 1. The third-order valence-electron chi connectivity index (χ3n) is 3.31. The van der Waals surface area contributed by atoms with Crippen molar-refractivity contribution in [3.8, 4) is 5.75 Å². The molecule has 1 fully saturated rings. The highest BCUT2D eigenvalue weighted by molar-refractivity contribution is 5.92. The molecule has 0 bridgehead atoms. The second kappa shape index (κ2) is 5.73. The fourth-order valence-electron chi connectivity index (χ4n) is 2.14. The van der Waals surface area contributed by atoms with Crippen molar-refractivity contribution >= 4 is 17.5 Å². The quantitative estimate of drug-likeness (QED) is 0.888. The summed E-state index contributed by atoms with van der Waals surface area (Å²) < 4.78 is 5.18. The van der Waals surface area contributed by atoms with Crippen LogP contribution in [0.25, 0.3) is 0 Å². The number of anilines is 1. The van der Waals surface area contributed by atoms with Crippen LogP contribution in [0.2, 0.25) is 0 Å². The number of hydrogen-bond acceptors (Lipinski definition) is 3. The van der Waals surface area contributed by atoms with Crippen molar-refractivity contribution in [2.75, 3.05) is 25.5 Å². The smallest absolute Gasteiger partial charge is 0.321 e. The lowest BCUT2D eigenvalue weighted by atomic mass is 9.99. The Balaban J connectivity index is 2.03. The predicted octanol–water partition coefficient (Wildman–Crippen LogP) is 2.14. The number of carbonyl (C=O) groups is 2. The maximum atomic E-state index is 12.1. The van der Waals surface area contributed by atoms with Crippen molar-refractivity contribution in [2.45, 2.75) is 13.3 Å². The fourth-order valence-corrected chi connectivity index (χ4v) is 2.14. The van der Waals surface area contributed by atoms with E-state index >= 15 is 0 Å². The van der Waals surface area contributed by atoms with E-state index in [1.54, 1.807) is 24.1 Å². The zero-order chi connectivity index (χ0) is 13.8. The maximum Gasteiger partial charge on any atom is 0.321 e. The number of urea groups is 1. The normalized spacial score (nSPS) is 19.2. The minimum Gasteiger partial charge on any atom is -0.495 e. The molecule has 0 aliphatic carbocycles. The van der Waals surface area contributed by atoms with Crippen molar-refractivity contribution in [2.24, 2.45) is 5.92 Å². The summed E-state index contributed by atoms with van der Waals surface area (Å²) >= 11 is 0. The monoisotopic (exact) mass is 262 g/mol. The molecule has 5 heteroatoms. The molecule has 1 aromatic rings. The van der Waals surface area contributed by atoms with Gasteiger partial charge in [0.05, 0.1) is 12.8 Å². The van der Waals surface area contributed by atoms with Gasteiger partial charge in [-0.3, -0.25) is 4.79 Å². The van der Waals surface area contributed by atoms with E-state index in [1.807, 2.05) is 19.1 Å². The lowest BCUT2D eigenvalue weighted by molar-refractivity contribution is -0.124. The van der Waals surface area contributed by atoms with Crippen LogP contribution >= 0.6 is 0 Å². The van der Waals surface area contributed by atoms with Gasteiger partial charge in [0, 0.05) is 25.4 Å². The van der Waals surface area contributed by atoms with E-state index in [9.17, 15) is 9.59 Å². The van der Waals surface area contributed by atoms with E-state index in [0.29, 0.717) is 30.9 Å². The average Bonchev–Trinajstić information content (AvgIpc) is 2.42. The molecule has 1 unspecified atom stereocenters. The van der Waals surface area contributed by atoms with E-state index < -0.39 is 0 Å². The van der Waals surface area contributed by atoms with Crippen LogP contribution in [0.15, 0.2) is 24.3 Å². The number of para-hydroxylation sites is 2. The number of Topliss-reactive ketones (excluding diaryl/α,β-unsaturated/α-hetero) is 1. The lowest BCUT2D eigenvalue weighted by Crippen LogP contribution is -2.45. The number of piperidine rings is 1. The van der Waals surface area contributed by atoms with Crippen molar-refractivity contribution in [3.05, 3.63) is 24.3 Å². The van der Waals surface area contributed by atoms with E-state index in [-0.39, 0.29) is 17.7 Å². The third-order valence-corrected chi connectivity index (χ3v) is 3.31. The summed E-state index contributed by atoms with van der Waals surface area (Å²) in [5.74, 6) is 0.760. The Bertz CT molecular complexity index is 487. The standard InChI is InChI=1S/C14H18N2O3/c1-10-9-16(8-7-12(10)17)14(18)15-11-5-3-4-6-13(11)19-2/h3-6,10H,7-9H2,1-2H3,(H,15,18). The lowest BCUT2D eigenvalue weighted by Gasteiger charge is -2.30. The molecule has 1 aliphatic heterocycles. The summed E-state index contributed by atoms with van der Waals surface area (Å²) in [7, 11) is 1.56. The third kappa shape index (κ3) is 3.05. The van der Waals surface area contributed by atoms with E-state index in [1.165, 1.54) is 0 Å². The number of amides is 2. The average molecular weight is 262 g/mol. The number of nitrogens with zero attached hydrogens (tertiary/aromatic N) is 1. The predicted molar refractivity (Wildman–Crippen MR) is 72.4 cm³/mol. The van der Waals surface area contributed by atoms with Crippen LogP contribution in [0.5, 0.6) is 5.75 Å². The van der Waals surface area contributed by atoms with Crippen LogP contribution in [0.4, 0.5) is 10.5 Å². The minimum absolute atomic E-state index is 0.0860. The molecule has 0 radical (unpaired) electrons. The Morgan fingerprint density at radius 3 is 2.84 bits per heavy atom. The Labute approximate surface area is 112 Å². The van der Waals surface area contributed by atoms with Crippen LogP contribution < -0.4 is 10.1 Å². The molecule has 1 aliphatic rings. The van der Waals surface area contributed by atoms with E-state index in [4.69, 9.17) is 4.74 Å². The van der Waals surface area contributed by atoms with Gasteiger partial charge in [-0.2, -0.15) is 0 Å².